The Morgan fingerprint density at radius 1 is 1.23 bits per heavy atom. The summed E-state index contributed by atoms with van der Waals surface area (Å²) in [5.41, 5.74) is 2.64. The Labute approximate surface area is 188 Å². The Morgan fingerprint density at radius 2 is 2.03 bits per heavy atom. The van der Waals surface area contributed by atoms with Gasteiger partial charge in [-0.15, -0.1) is 10.2 Å². The Balaban J connectivity index is 1.36. The van der Waals surface area contributed by atoms with Gasteiger partial charge >= 0.3 is 0 Å². The van der Waals surface area contributed by atoms with Gasteiger partial charge in [0.2, 0.25) is 11.0 Å². The summed E-state index contributed by atoms with van der Waals surface area (Å²) >= 11 is 1.51. The summed E-state index contributed by atoms with van der Waals surface area (Å²) < 4.78 is 6.00. The number of aryl methyl sites for hydroxylation is 2. The molecule has 2 aromatic rings. The zero-order valence-corrected chi connectivity index (χ0v) is 19.5. The van der Waals surface area contributed by atoms with Gasteiger partial charge < -0.3 is 19.9 Å². The molecule has 0 aromatic carbocycles. The number of carbonyl (C=O) groups is 1. The zero-order valence-electron chi connectivity index (χ0n) is 18.6. The van der Waals surface area contributed by atoms with Crippen LogP contribution in [-0.4, -0.2) is 70.2 Å². The minimum Gasteiger partial charge on any atom is -0.368 e. The van der Waals surface area contributed by atoms with E-state index in [9.17, 15) is 4.79 Å². The molecule has 0 saturated carbocycles. The van der Waals surface area contributed by atoms with E-state index in [1.165, 1.54) is 24.2 Å². The van der Waals surface area contributed by atoms with Gasteiger partial charge in [-0.25, -0.2) is 0 Å². The number of hydrogen-bond donors (Lipinski definition) is 1. The highest BCUT2D eigenvalue weighted by Gasteiger charge is 2.27. The molecule has 4 rings (SSSR count). The van der Waals surface area contributed by atoms with E-state index in [-0.39, 0.29) is 12.0 Å². The molecule has 0 unspecified atom stereocenters. The van der Waals surface area contributed by atoms with Gasteiger partial charge in [0.1, 0.15) is 11.1 Å². The first kappa shape index (κ1) is 22.1. The Morgan fingerprint density at radius 3 is 2.77 bits per heavy atom. The first-order chi connectivity index (χ1) is 15.0. The highest BCUT2D eigenvalue weighted by Crippen LogP contribution is 2.27. The van der Waals surface area contributed by atoms with Crippen LogP contribution in [0.1, 0.15) is 48.7 Å². The van der Waals surface area contributed by atoms with E-state index in [0.717, 1.165) is 52.8 Å². The Bertz CT molecular complexity index is 896. The third-order valence-electron chi connectivity index (χ3n) is 6.02. The van der Waals surface area contributed by atoms with Crippen molar-refractivity contribution in [3.05, 3.63) is 28.5 Å². The zero-order chi connectivity index (χ0) is 21.8. The third kappa shape index (κ3) is 5.99. The molecule has 4 heterocycles. The summed E-state index contributed by atoms with van der Waals surface area (Å²) in [6.45, 7) is 11.0. The van der Waals surface area contributed by atoms with Crippen molar-refractivity contribution in [2.75, 3.05) is 44.6 Å². The predicted molar refractivity (Wildman–Crippen MR) is 122 cm³/mol. The predicted octanol–water partition coefficient (Wildman–Crippen LogP) is 3.32. The van der Waals surface area contributed by atoms with Crippen molar-refractivity contribution in [3.63, 3.8) is 0 Å². The lowest BCUT2D eigenvalue weighted by Crippen LogP contribution is -2.44. The number of nitrogens with one attached hydrogen (secondary N) is 1. The van der Waals surface area contributed by atoms with E-state index in [4.69, 9.17) is 4.74 Å². The maximum atomic E-state index is 12.9. The van der Waals surface area contributed by atoms with Crippen LogP contribution in [0.4, 0.5) is 10.8 Å². The molecular formula is C22H32N6O2S. The standard InChI is InChI=1S/C22H32N6O2S/c1-15-4-7-27(8-5-15)9-6-21(29)28-10-11-30-20(14-28)19-13-18(12-16(2)23-19)24-22-26-25-17(3)31-22/h12-13,15,20H,4-11,14H2,1-3H3,(H,23,24,26)/t20-/m1/s1. The molecule has 1 atom stereocenters. The second kappa shape index (κ2) is 10.0. The summed E-state index contributed by atoms with van der Waals surface area (Å²) in [6.07, 6.45) is 2.83. The van der Waals surface area contributed by atoms with E-state index in [2.05, 4.69) is 32.3 Å². The van der Waals surface area contributed by atoms with Gasteiger partial charge in [0.25, 0.3) is 0 Å². The normalized spacial score (nSPS) is 20.7. The van der Waals surface area contributed by atoms with E-state index >= 15 is 0 Å². The summed E-state index contributed by atoms with van der Waals surface area (Å²) in [4.78, 5) is 21.9. The minimum absolute atomic E-state index is 0.210. The number of ether oxygens (including phenoxy) is 1. The lowest BCUT2D eigenvalue weighted by molar-refractivity contribution is -0.139. The number of carbonyl (C=O) groups excluding carboxylic acids is 1. The second-order valence-electron chi connectivity index (χ2n) is 8.65. The molecule has 1 amide bonds. The summed E-state index contributed by atoms with van der Waals surface area (Å²) in [6, 6.07) is 3.96. The van der Waals surface area contributed by atoms with Crippen LogP contribution in [0.5, 0.6) is 0 Å². The third-order valence-corrected chi connectivity index (χ3v) is 6.77. The SMILES string of the molecule is Cc1cc(Nc2nnc(C)s2)cc([C@H]2CN(C(=O)CCN3CCC(C)CC3)CCO2)n1. The molecule has 2 aliphatic rings. The molecule has 31 heavy (non-hydrogen) atoms. The smallest absolute Gasteiger partial charge is 0.224 e. The fourth-order valence-corrected chi connectivity index (χ4v) is 4.77. The molecule has 2 fully saturated rings. The fourth-order valence-electron chi connectivity index (χ4n) is 4.15. The molecule has 0 radical (unpaired) electrons. The van der Waals surface area contributed by atoms with Gasteiger partial charge in [0, 0.05) is 30.9 Å². The lowest BCUT2D eigenvalue weighted by atomic mass is 9.99. The molecular weight excluding hydrogens is 412 g/mol. The monoisotopic (exact) mass is 444 g/mol. The molecule has 2 aromatic heterocycles. The number of anilines is 2. The lowest BCUT2D eigenvalue weighted by Gasteiger charge is -2.34. The van der Waals surface area contributed by atoms with E-state index in [1.54, 1.807) is 0 Å². The van der Waals surface area contributed by atoms with Crippen LogP contribution in [0.15, 0.2) is 12.1 Å². The van der Waals surface area contributed by atoms with Crippen LogP contribution in [0, 0.1) is 19.8 Å². The van der Waals surface area contributed by atoms with Crippen LogP contribution < -0.4 is 5.32 Å². The largest absolute Gasteiger partial charge is 0.368 e. The Hall–Kier alpha value is -2.10. The molecule has 0 spiro atoms. The van der Waals surface area contributed by atoms with Crippen LogP contribution in [-0.2, 0) is 9.53 Å². The molecule has 9 heteroatoms. The highest BCUT2D eigenvalue weighted by molar-refractivity contribution is 7.15. The summed E-state index contributed by atoms with van der Waals surface area (Å²) in [7, 11) is 0. The maximum absolute atomic E-state index is 12.9. The molecule has 0 aliphatic carbocycles. The highest BCUT2D eigenvalue weighted by atomic mass is 32.1. The first-order valence-electron chi connectivity index (χ1n) is 11.1. The van der Waals surface area contributed by atoms with Gasteiger partial charge in [0.15, 0.2) is 0 Å². The number of pyridine rings is 1. The summed E-state index contributed by atoms with van der Waals surface area (Å²) in [5.74, 6) is 1.02. The molecule has 0 bridgehead atoms. The number of hydrogen-bond acceptors (Lipinski definition) is 8. The average molecular weight is 445 g/mol. The van der Waals surface area contributed by atoms with Gasteiger partial charge in [-0.05, 0) is 57.8 Å². The molecule has 2 saturated heterocycles. The van der Waals surface area contributed by atoms with Crippen LogP contribution in [0.2, 0.25) is 0 Å². The van der Waals surface area contributed by atoms with Crippen molar-refractivity contribution in [1.82, 2.24) is 25.0 Å². The molecule has 168 valence electrons. The maximum Gasteiger partial charge on any atom is 0.224 e. The second-order valence-corrected chi connectivity index (χ2v) is 9.83. The van der Waals surface area contributed by atoms with Crippen molar-refractivity contribution in [2.24, 2.45) is 5.92 Å². The van der Waals surface area contributed by atoms with Crippen molar-refractivity contribution >= 4 is 28.1 Å². The Kier molecular flexibility index (Phi) is 7.14. The van der Waals surface area contributed by atoms with Crippen molar-refractivity contribution in [3.8, 4) is 0 Å². The van der Waals surface area contributed by atoms with Crippen LogP contribution in [0.3, 0.4) is 0 Å². The summed E-state index contributed by atoms with van der Waals surface area (Å²) in [5, 5.41) is 13.1. The number of amides is 1. The minimum atomic E-state index is -0.217. The first-order valence-corrected chi connectivity index (χ1v) is 12.0. The van der Waals surface area contributed by atoms with Crippen LogP contribution >= 0.6 is 11.3 Å². The number of piperidine rings is 1. The van der Waals surface area contributed by atoms with Crippen molar-refractivity contribution in [1.29, 1.82) is 0 Å². The van der Waals surface area contributed by atoms with Crippen LogP contribution in [0.25, 0.3) is 0 Å². The number of rotatable bonds is 6. The quantitative estimate of drug-likeness (QED) is 0.732. The van der Waals surface area contributed by atoms with Gasteiger partial charge in [-0.2, -0.15) is 0 Å². The number of morpholine rings is 1. The number of likely N-dealkylation sites (tertiary alicyclic amines) is 1. The number of aromatic nitrogens is 3. The molecule has 1 N–H and O–H groups in total. The van der Waals surface area contributed by atoms with Gasteiger partial charge in [-0.1, -0.05) is 18.3 Å². The van der Waals surface area contributed by atoms with E-state index in [1.807, 2.05) is 30.9 Å². The topological polar surface area (TPSA) is 83.5 Å². The van der Waals surface area contributed by atoms with Crippen molar-refractivity contribution in [2.45, 2.75) is 46.1 Å². The van der Waals surface area contributed by atoms with Gasteiger partial charge in [0.05, 0.1) is 18.8 Å². The van der Waals surface area contributed by atoms with Gasteiger partial charge in [-0.3, -0.25) is 9.78 Å². The fraction of sp³-hybridized carbons (Fsp3) is 0.636. The molecule has 2 aliphatic heterocycles. The molecule has 8 nitrogen and oxygen atoms in total. The van der Waals surface area contributed by atoms with Crippen molar-refractivity contribution < 1.29 is 9.53 Å². The van der Waals surface area contributed by atoms with E-state index in [0.29, 0.717) is 26.1 Å². The van der Waals surface area contributed by atoms with E-state index < -0.39 is 0 Å². The average Bonchev–Trinajstić information content (AvgIpc) is 3.17. The number of nitrogens with zero attached hydrogens (tertiary/aromatic N) is 5.